The van der Waals surface area contributed by atoms with Crippen LogP contribution in [0.1, 0.15) is 0 Å². The molecule has 0 aliphatic heterocycles. The lowest BCUT2D eigenvalue weighted by Gasteiger charge is -2.14. The number of hydrogen-bond acceptors (Lipinski definition) is 1. The Bertz CT molecular complexity index is 89.4. The van der Waals surface area contributed by atoms with Crippen LogP contribution in [-0.2, 0) is 0 Å². The van der Waals surface area contributed by atoms with E-state index < -0.39 is 16.8 Å². The van der Waals surface area contributed by atoms with Gasteiger partial charge in [-0.25, -0.2) is 0 Å². The molecule has 0 fully saturated rings. The Morgan fingerprint density at radius 3 is 1.56 bits per heavy atom. The maximum absolute atomic E-state index is 11.1. The van der Waals surface area contributed by atoms with E-state index in [-0.39, 0.29) is 0 Å². The minimum absolute atomic E-state index is 1.17. The van der Waals surface area contributed by atoms with Gasteiger partial charge >= 0.3 is 12.8 Å². The Morgan fingerprint density at radius 2 is 1.56 bits per heavy atom. The second kappa shape index (κ2) is 2.78. The Balaban J connectivity index is 3.88. The van der Waals surface area contributed by atoms with Gasteiger partial charge in [-0.1, -0.05) is 3.93 Å². The molecule has 0 unspecified atom stereocenters. The predicted octanol–water partition coefficient (Wildman–Crippen LogP) is 2.34. The van der Waals surface area contributed by atoms with Gasteiger partial charge in [-0.3, -0.25) is 0 Å². The van der Waals surface area contributed by atoms with E-state index in [4.69, 9.17) is 0 Å². The minimum Gasteiger partial charge on any atom is -0.191 e. The number of rotatable bonds is 1. The molecule has 0 amide bonds. The summed E-state index contributed by atoms with van der Waals surface area (Å²) >= 11 is 1.62. The highest BCUT2D eigenvalue weighted by Gasteiger charge is 2.41. The molecule has 0 aromatic carbocycles. The van der Waals surface area contributed by atoms with E-state index in [1.807, 2.05) is 0 Å². The number of hydrogen-bond donors (Lipinski definition) is 0. The lowest BCUT2D eigenvalue weighted by atomic mass is 11.0. The average Bonchev–Trinajstić information content (AvgIpc) is 1.62. The fourth-order valence-electron chi connectivity index (χ4n) is 0.111. The van der Waals surface area contributed by atoms with Crippen molar-refractivity contribution in [2.75, 3.05) is 0 Å². The van der Waals surface area contributed by atoms with Crippen LogP contribution in [0, 0.1) is 0 Å². The van der Waals surface area contributed by atoms with Crippen LogP contribution < -0.4 is 0 Å². The summed E-state index contributed by atoms with van der Waals surface area (Å²) in [6.07, 6.45) is -5.02. The van der Waals surface area contributed by atoms with Gasteiger partial charge in [0.2, 0.25) is 0 Å². The van der Waals surface area contributed by atoms with Crippen molar-refractivity contribution in [2.24, 2.45) is 0 Å². The van der Waals surface area contributed by atoms with E-state index in [9.17, 15) is 22.0 Å². The van der Waals surface area contributed by atoms with E-state index >= 15 is 0 Å². The van der Waals surface area contributed by atoms with Crippen molar-refractivity contribution in [1.29, 1.82) is 0 Å². The van der Waals surface area contributed by atoms with Crippen LogP contribution in [0.3, 0.4) is 0 Å². The van der Waals surface area contributed by atoms with Gasteiger partial charge in [-0.15, -0.1) is 0 Å². The Labute approximate surface area is 55.8 Å². The zero-order valence-corrected chi connectivity index (χ0v) is 5.38. The summed E-state index contributed by atoms with van der Waals surface area (Å²) in [7, 11) is 0. The predicted molar refractivity (Wildman–Crippen MR) is 22.8 cm³/mol. The molecule has 0 radical (unpaired) electrons. The van der Waals surface area contributed by atoms with E-state index in [2.05, 4.69) is 0 Å². The fourth-order valence-corrected chi connectivity index (χ4v) is 0.111. The monoisotopic (exact) mass is 213 g/mol. The normalized spacial score (nSPS) is 13.3. The van der Waals surface area contributed by atoms with E-state index in [1.54, 1.807) is 16.1 Å². The fraction of sp³-hybridized carbons (Fsp3) is 1.00. The molecule has 0 heterocycles. The molecule has 0 aromatic rings. The summed E-state index contributed by atoms with van der Waals surface area (Å²) in [5.74, 6) is 0. The van der Waals surface area contributed by atoms with Gasteiger partial charge in [0.25, 0.3) is 0 Å². The molecule has 0 rings (SSSR count). The van der Waals surface area contributed by atoms with Crippen molar-refractivity contribution >= 4 is 16.1 Å². The zero-order valence-electron chi connectivity index (χ0n) is 3.79. The number of halogens is 6. The molecule has 0 atom stereocenters. The SMILES string of the molecule is FC(F)N(Br)C(F)(F)F. The molecule has 0 aliphatic carbocycles. The third kappa shape index (κ3) is 2.95. The van der Waals surface area contributed by atoms with Crippen molar-refractivity contribution in [3.05, 3.63) is 0 Å². The molecule has 0 spiro atoms. The molecule has 9 heavy (non-hydrogen) atoms. The summed E-state index contributed by atoms with van der Waals surface area (Å²) in [6.45, 7) is -3.56. The highest BCUT2D eigenvalue weighted by Crippen LogP contribution is 2.28. The van der Waals surface area contributed by atoms with Gasteiger partial charge in [0.1, 0.15) is 0 Å². The first-order chi connectivity index (χ1) is 3.85. The molecule has 1 nitrogen and oxygen atoms in total. The van der Waals surface area contributed by atoms with Crippen molar-refractivity contribution in [2.45, 2.75) is 12.8 Å². The summed E-state index contributed by atoms with van der Waals surface area (Å²) in [5.41, 5.74) is 0. The third-order valence-corrected chi connectivity index (χ3v) is 1.13. The highest BCUT2D eigenvalue weighted by molar-refractivity contribution is 9.07. The lowest BCUT2D eigenvalue weighted by Crippen LogP contribution is -2.32. The maximum Gasteiger partial charge on any atom is 0.474 e. The van der Waals surface area contributed by atoms with Gasteiger partial charge in [-0.05, 0) is 0 Å². The molecule has 56 valence electrons. The molecule has 0 saturated carbocycles. The molecular weight excluding hydrogens is 213 g/mol. The van der Waals surface area contributed by atoms with Crippen LogP contribution in [0.4, 0.5) is 22.0 Å². The molecule has 0 bridgehead atoms. The zero-order chi connectivity index (χ0) is 7.65. The van der Waals surface area contributed by atoms with Gasteiger partial charge in [-0.2, -0.15) is 22.0 Å². The van der Waals surface area contributed by atoms with E-state index in [1.165, 1.54) is 0 Å². The Kier molecular flexibility index (Phi) is 2.81. The Hall–Kier alpha value is 0.0900. The van der Waals surface area contributed by atoms with Crippen LogP contribution in [0.15, 0.2) is 0 Å². The first-order valence-corrected chi connectivity index (χ1v) is 2.36. The van der Waals surface area contributed by atoms with Crippen molar-refractivity contribution in [3.63, 3.8) is 0 Å². The van der Waals surface area contributed by atoms with Crippen LogP contribution in [0.2, 0.25) is 0 Å². The number of nitrogens with zero attached hydrogens (tertiary/aromatic N) is 1. The van der Waals surface area contributed by atoms with E-state index in [0.717, 1.165) is 0 Å². The second-order valence-electron chi connectivity index (χ2n) is 1.06. The van der Waals surface area contributed by atoms with Crippen molar-refractivity contribution in [1.82, 2.24) is 3.93 Å². The van der Waals surface area contributed by atoms with Crippen LogP contribution in [-0.4, -0.2) is 16.8 Å². The maximum atomic E-state index is 11.1. The van der Waals surface area contributed by atoms with Crippen LogP contribution in [0.25, 0.3) is 0 Å². The van der Waals surface area contributed by atoms with Gasteiger partial charge in [0, 0.05) is 16.1 Å². The van der Waals surface area contributed by atoms with Gasteiger partial charge in [0.15, 0.2) is 0 Å². The topological polar surface area (TPSA) is 3.24 Å². The first kappa shape index (κ1) is 9.09. The molecule has 0 N–H and O–H groups in total. The quantitative estimate of drug-likeness (QED) is 0.367. The van der Waals surface area contributed by atoms with Crippen LogP contribution >= 0.6 is 16.1 Å². The third-order valence-electron chi connectivity index (χ3n) is 0.414. The average molecular weight is 214 g/mol. The minimum atomic E-state index is -5.02. The second-order valence-corrected chi connectivity index (χ2v) is 1.82. The molecule has 0 saturated heterocycles. The molecule has 0 aromatic heterocycles. The smallest absolute Gasteiger partial charge is 0.191 e. The van der Waals surface area contributed by atoms with Crippen molar-refractivity contribution in [3.8, 4) is 0 Å². The van der Waals surface area contributed by atoms with Gasteiger partial charge < -0.3 is 0 Å². The van der Waals surface area contributed by atoms with E-state index in [0.29, 0.717) is 0 Å². The van der Waals surface area contributed by atoms with Crippen molar-refractivity contribution < 1.29 is 22.0 Å². The molecule has 0 aliphatic rings. The highest BCUT2D eigenvalue weighted by atomic mass is 79.9. The largest absolute Gasteiger partial charge is 0.474 e. The number of alkyl halides is 5. The summed E-state index contributed by atoms with van der Waals surface area (Å²) in [4.78, 5) is 0. The summed E-state index contributed by atoms with van der Waals surface area (Å²) in [6, 6.07) is 0. The molecular formula is C2HBrF5N. The van der Waals surface area contributed by atoms with Crippen LogP contribution in [0.5, 0.6) is 0 Å². The Morgan fingerprint density at radius 1 is 1.22 bits per heavy atom. The summed E-state index contributed by atoms with van der Waals surface area (Å²) in [5, 5.41) is 0. The molecule has 7 heteroatoms. The summed E-state index contributed by atoms with van der Waals surface area (Å²) < 4.78 is 54.3. The standard InChI is InChI=1S/C2HBrF5N/c3-9(1(4)5)2(6,7)8/h1H. The lowest BCUT2D eigenvalue weighted by molar-refractivity contribution is -0.244. The van der Waals surface area contributed by atoms with Gasteiger partial charge in [0.05, 0.1) is 0 Å². The first-order valence-electron chi connectivity index (χ1n) is 1.65.